The fourth-order valence-corrected chi connectivity index (χ4v) is 3.48. The molecule has 7 heteroatoms. The van der Waals surface area contributed by atoms with Gasteiger partial charge in [-0.2, -0.15) is 5.10 Å². The van der Waals surface area contributed by atoms with Crippen molar-refractivity contribution in [2.45, 2.75) is 38.3 Å². The first-order valence-electron chi connectivity index (χ1n) is 8.57. The standard InChI is InChI=1S/C19H18BrN3O3/c20-13-9-15-16(22-23(14-5-3-6-14)19(15)21-10-13)11-26-17-7-2-1-4-12(17)8-18(24)25/h1-2,4,7,9-10,14H,3,5-6,8,11H2,(H,24,25). The van der Waals surface area contributed by atoms with Gasteiger partial charge in [-0.25, -0.2) is 9.67 Å². The first-order chi connectivity index (χ1) is 12.6. The monoisotopic (exact) mass is 415 g/mol. The van der Waals surface area contributed by atoms with E-state index >= 15 is 0 Å². The van der Waals surface area contributed by atoms with Crippen LogP contribution in [-0.4, -0.2) is 25.8 Å². The van der Waals surface area contributed by atoms with Crippen molar-refractivity contribution in [3.05, 3.63) is 52.3 Å². The molecule has 6 nitrogen and oxygen atoms in total. The first kappa shape index (κ1) is 17.0. The SMILES string of the molecule is O=C(O)Cc1ccccc1OCc1nn(C2CCC2)c2ncc(Br)cc12. The number of hydrogen-bond acceptors (Lipinski definition) is 4. The summed E-state index contributed by atoms with van der Waals surface area (Å²) in [4.78, 5) is 15.6. The molecule has 1 saturated carbocycles. The van der Waals surface area contributed by atoms with Crippen LogP contribution in [0.1, 0.15) is 36.6 Å². The van der Waals surface area contributed by atoms with Crippen LogP contribution in [0.5, 0.6) is 5.75 Å². The number of benzene rings is 1. The van der Waals surface area contributed by atoms with E-state index < -0.39 is 5.97 Å². The predicted molar refractivity (Wildman–Crippen MR) is 100 cm³/mol. The van der Waals surface area contributed by atoms with Crippen molar-refractivity contribution in [2.24, 2.45) is 0 Å². The molecule has 2 aromatic heterocycles. The normalized spacial score (nSPS) is 14.3. The number of aliphatic carboxylic acids is 1. The highest BCUT2D eigenvalue weighted by Crippen LogP contribution is 2.34. The van der Waals surface area contributed by atoms with Crippen molar-refractivity contribution in [2.75, 3.05) is 0 Å². The van der Waals surface area contributed by atoms with E-state index in [0.717, 1.165) is 34.0 Å². The van der Waals surface area contributed by atoms with Gasteiger partial charge in [0, 0.05) is 21.6 Å². The van der Waals surface area contributed by atoms with Crippen LogP contribution in [0.2, 0.25) is 0 Å². The molecule has 26 heavy (non-hydrogen) atoms. The van der Waals surface area contributed by atoms with Gasteiger partial charge in [-0.3, -0.25) is 4.79 Å². The summed E-state index contributed by atoms with van der Waals surface area (Å²) in [5.41, 5.74) is 2.34. The number of fused-ring (bicyclic) bond motifs is 1. The van der Waals surface area contributed by atoms with Gasteiger partial charge in [0.15, 0.2) is 5.65 Å². The molecule has 4 rings (SSSR count). The maximum absolute atomic E-state index is 11.0. The van der Waals surface area contributed by atoms with Gasteiger partial charge in [0.05, 0.1) is 12.5 Å². The summed E-state index contributed by atoms with van der Waals surface area (Å²) in [7, 11) is 0. The number of carboxylic acids is 1. The molecule has 1 aliphatic carbocycles. The number of nitrogens with zero attached hydrogens (tertiary/aromatic N) is 3. The third-order valence-corrected chi connectivity index (χ3v) is 5.12. The zero-order valence-electron chi connectivity index (χ0n) is 14.1. The Kier molecular flexibility index (Phi) is 4.63. The van der Waals surface area contributed by atoms with Gasteiger partial charge in [-0.15, -0.1) is 0 Å². The minimum atomic E-state index is -0.881. The number of carbonyl (C=O) groups is 1. The minimum Gasteiger partial charge on any atom is -0.487 e. The molecule has 0 unspecified atom stereocenters. The van der Waals surface area contributed by atoms with Crippen LogP contribution in [0.4, 0.5) is 0 Å². The fraction of sp³-hybridized carbons (Fsp3) is 0.316. The first-order valence-corrected chi connectivity index (χ1v) is 9.36. The van der Waals surface area contributed by atoms with Crippen molar-refractivity contribution in [1.29, 1.82) is 0 Å². The van der Waals surface area contributed by atoms with Crippen LogP contribution >= 0.6 is 15.9 Å². The molecule has 1 fully saturated rings. The van der Waals surface area contributed by atoms with Gasteiger partial charge in [0.25, 0.3) is 0 Å². The van der Waals surface area contributed by atoms with Crippen molar-refractivity contribution >= 4 is 32.9 Å². The van der Waals surface area contributed by atoms with E-state index in [1.54, 1.807) is 18.3 Å². The highest BCUT2D eigenvalue weighted by Gasteiger charge is 2.24. The molecule has 0 spiro atoms. The van der Waals surface area contributed by atoms with Crippen molar-refractivity contribution in [3.63, 3.8) is 0 Å². The molecule has 0 radical (unpaired) electrons. The van der Waals surface area contributed by atoms with E-state index in [9.17, 15) is 4.79 Å². The second-order valence-corrected chi connectivity index (χ2v) is 7.38. The van der Waals surface area contributed by atoms with Gasteiger partial charge < -0.3 is 9.84 Å². The van der Waals surface area contributed by atoms with E-state index in [-0.39, 0.29) is 13.0 Å². The van der Waals surface area contributed by atoms with E-state index in [1.165, 1.54) is 6.42 Å². The maximum atomic E-state index is 11.0. The molecule has 0 saturated heterocycles. The molecule has 1 N–H and O–H groups in total. The number of carboxylic acid groups (broad SMARTS) is 1. The lowest BCUT2D eigenvalue weighted by Gasteiger charge is -2.25. The Morgan fingerprint density at radius 3 is 2.88 bits per heavy atom. The Labute approximate surface area is 158 Å². The maximum Gasteiger partial charge on any atom is 0.307 e. The highest BCUT2D eigenvalue weighted by molar-refractivity contribution is 9.10. The minimum absolute atomic E-state index is 0.0689. The van der Waals surface area contributed by atoms with Crippen LogP contribution < -0.4 is 4.74 Å². The smallest absolute Gasteiger partial charge is 0.307 e. The Morgan fingerprint density at radius 2 is 2.15 bits per heavy atom. The number of para-hydroxylation sites is 1. The van der Waals surface area contributed by atoms with Gasteiger partial charge in [-0.1, -0.05) is 18.2 Å². The lowest BCUT2D eigenvalue weighted by atomic mass is 9.93. The van der Waals surface area contributed by atoms with E-state index in [2.05, 4.69) is 20.9 Å². The average Bonchev–Trinajstić information content (AvgIpc) is 2.89. The zero-order valence-corrected chi connectivity index (χ0v) is 15.6. The van der Waals surface area contributed by atoms with Gasteiger partial charge >= 0.3 is 5.97 Å². The Bertz CT molecular complexity index is 966. The van der Waals surface area contributed by atoms with Crippen LogP contribution in [0.3, 0.4) is 0 Å². The molecular formula is C19H18BrN3O3. The lowest BCUT2D eigenvalue weighted by molar-refractivity contribution is -0.136. The van der Waals surface area contributed by atoms with Crippen molar-refractivity contribution in [3.8, 4) is 5.75 Å². The summed E-state index contributed by atoms with van der Waals surface area (Å²) in [6.07, 6.45) is 5.18. The summed E-state index contributed by atoms with van der Waals surface area (Å²) < 4.78 is 8.84. The summed E-state index contributed by atoms with van der Waals surface area (Å²) >= 11 is 3.47. The molecule has 0 bridgehead atoms. The molecule has 2 heterocycles. The van der Waals surface area contributed by atoms with Crippen LogP contribution in [0.25, 0.3) is 11.0 Å². The Morgan fingerprint density at radius 1 is 1.35 bits per heavy atom. The number of halogens is 1. The van der Waals surface area contributed by atoms with Crippen molar-refractivity contribution in [1.82, 2.24) is 14.8 Å². The predicted octanol–water partition coefficient (Wildman–Crippen LogP) is 4.12. The quantitative estimate of drug-likeness (QED) is 0.654. The molecular weight excluding hydrogens is 398 g/mol. The van der Waals surface area contributed by atoms with Gasteiger partial charge in [-0.05, 0) is 47.3 Å². The van der Waals surface area contributed by atoms with Gasteiger partial charge in [0.2, 0.25) is 0 Å². The third kappa shape index (κ3) is 3.31. The summed E-state index contributed by atoms with van der Waals surface area (Å²) in [5.74, 6) is -0.307. The van der Waals surface area contributed by atoms with E-state index in [0.29, 0.717) is 17.4 Å². The van der Waals surface area contributed by atoms with Crippen LogP contribution in [0.15, 0.2) is 41.0 Å². The molecule has 0 amide bonds. The fourth-order valence-electron chi connectivity index (χ4n) is 3.15. The molecule has 3 aromatic rings. The molecule has 0 atom stereocenters. The molecule has 1 aliphatic rings. The topological polar surface area (TPSA) is 77.2 Å². The molecule has 1 aromatic carbocycles. The van der Waals surface area contributed by atoms with Gasteiger partial charge in [0.1, 0.15) is 18.1 Å². The Balaban J connectivity index is 1.64. The molecule has 0 aliphatic heterocycles. The number of rotatable bonds is 6. The lowest BCUT2D eigenvalue weighted by Crippen LogP contribution is -2.18. The summed E-state index contributed by atoms with van der Waals surface area (Å²) in [5, 5.41) is 14.8. The van der Waals surface area contributed by atoms with Crippen molar-refractivity contribution < 1.29 is 14.6 Å². The van der Waals surface area contributed by atoms with E-state index in [4.69, 9.17) is 14.9 Å². The largest absolute Gasteiger partial charge is 0.487 e. The Hall–Kier alpha value is -2.41. The highest BCUT2D eigenvalue weighted by atomic mass is 79.9. The third-order valence-electron chi connectivity index (χ3n) is 4.69. The number of ether oxygens (including phenoxy) is 1. The zero-order chi connectivity index (χ0) is 18.1. The van der Waals surface area contributed by atoms with Crippen LogP contribution in [-0.2, 0) is 17.8 Å². The number of hydrogen-bond donors (Lipinski definition) is 1. The number of aromatic nitrogens is 3. The average molecular weight is 416 g/mol. The second kappa shape index (κ2) is 7.07. The van der Waals surface area contributed by atoms with E-state index in [1.807, 2.05) is 22.9 Å². The summed E-state index contributed by atoms with van der Waals surface area (Å²) in [6, 6.07) is 9.62. The molecule has 134 valence electrons. The second-order valence-electron chi connectivity index (χ2n) is 6.47. The number of pyridine rings is 1. The summed E-state index contributed by atoms with van der Waals surface area (Å²) in [6.45, 7) is 0.269. The van der Waals surface area contributed by atoms with Crippen LogP contribution in [0, 0.1) is 0 Å².